The molecule has 80 valence electrons. The van der Waals surface area contributed by atoms with Crippen LogP contribution in [-0.2, 0) is 6.54 Å². The zero-order chi connectivity index (χ0) is 10.8. The summed E-state index contributed by atoms with van der Waals surface area (Å²) < 4.78 is 0. The lowest BCUT2D eigenvalue weighted by Gasteiger charge is -2.04. The van der Waals surface area contributed by atoms with E-state index >= 15 is 0 Å². The smallest absolute Gasteiger partial charge is 0.0726 e. The third kappa shape index (κ3) is 1.54. The van der Waals surface area contributed by atoms with Crippen LogP contribution >= 0.6 is 0 Å². The number of nitrogens with one attached hydrogen (secondary N) is 3. The number of para-hydroxylation sites is 1. The number of benzene rings is 1. The molecule has 2 aromatic heterocycles. The Balaban J connectivity index is 1.86. The van der Waals surface area contributed by atoms with Crippen LogP contribution in [0.15, 0.2) is 42.9 Å². The Bertz CT molecular complexity index is 580. The second-order valence-electron chi connectivity index (χ2n) is 3.70. The highest BCUT2D eigenvalue weighted by atomic mass is 15.1. The van der Waals surface area contributed by atoms with Gasteiger partial charge in [0.25, 0.3) is 0 Å². The molecule has 3 rings (SSSR count). The van der Waals surface area contributed by atoms with Gasteiger partial charge < -0.3 is 10.3 Å². The van der Waals surface area contributed by atoms with Crippen molar-refractivity contribution in [1.82, 2.24) is 15.2 Å². The molecular formula is C12H12N4. The Morgan fingerprint density at radius 3 is 3.12 bits per heavy atom. The van der Waals surface area contributed by atoms with E-state index in [0.717, 1.165) is 12.2 Å². The Labute approximate surface area is 92.7 Å². The van der Waals surface area contributed by atoms with Gasteiger partial charge in [0.2, 0.25) is 0 Å². The number of H-pyrrole nitrogens is 2. The molecule has 0 saturated heterocycles. The van der Waals surface area contributed by atoms with E-state index in [1.54, 1.807) is 6.20 Å². The Hall–Kier alpha value is -2.23. The lowest BCUT2D eigenvalue weighted by atomic mass is 10.1. The van der Waals surface area contributed by atoms with Gasteiger partial charge in [-0.05, 0) is 17.0 Å². The predicted octanol–water partition coefficient (Wildman–Crippen LogP) is 2.50. The summed E-state index contributed by atoms with van der Waals surface area (Å²) in [7, 11) is 0. The van der Waals surface area contributed by atoms with Crippen molar-refractivity contribution in [1.29, 1.82) is 0 Å². The molecule has 0 radical (unpaired) electrons. The fourth-order valence-corrected chi connectivity index (χ4v) is 1.84. The van der Waals surface area contributed by atoms with Crippen LogP contribution in [0.4, 0.5) is 5.69 Å². The maximum Gasteiger partial charge on any atom is 0.0726 e. The van der Waals surface area contributed by atoms with Crippen LogP contribution in [0.1, 0.15) is 5.56 Å². The molecule has 3 N–H and O–H groups in total. The summed E-state index contributed by atoms with van der Waals surface area (Å²) in [5.41, 5.74) is 3.45. The molecule has 0 fully saturated rings. The molecule has 0 saturated carbocycles. The van der Waals surface area contributed by atoms with Crippen molar-refractivity contribution in [3.05, 3.63) is 48.4 Å². The topological polar surface area (TPSA) is 56.5 Å². The molecule has 0 unspecified atom stereocenters. The molecule has 16 heavy (non-hydrogen) atoms. The number of anilines is 1. The minimum Gasteiger partial charge on any atom is -0.378 e. The summed E-state index contributed by atoms with van der Waals surface area (Å²) in [6.07, 6.45) is 5.58. The van der Waals surface area contributed by atoms with Crippen LogP contribution in [0.3, 0.4) is 0 Å². The predicted molar refractivity (Wildman–Crippen MR) is 64.2 cm³/mol. The minimum absolute atomic E-state index is 0.789. The van der Waals surface area contributed by atoms with Crippen LogP contribution < -0.4 is 5.32 Å². The number of aromatic nitrogens is 3. The summed E-state index contributed by atoms with van der Waals surface area (Å²) in [5, 5.41) is 11.2. The molecule has 1 aromatic carbocycles. The average molecular weight is 212 g/mol. The van der Waals surface area contributed by atoms with Crippen molar-refractivity contribution in [2.45, 2.75) is 6.54 Å². The fraction of sp³-hybridized carbons (Fsp3) is 0.0833. The highest BCUT2D eigenvalue weighted by molar-refractivity contribution is 5.82. The van der Waals surface area contributed by atoms with E-state index < -0.39 is 0 Å². The van der Waals surface area contributed by atoms with Crippen LogP contribution in [0.5, 0.6) is 0 Å². The first-order valence-electron chi connectivity index (χ1n) is 5.21. The van der Waals surface area contributed by atoms with Crippen molar-refractivity contribution in [2.75, 3.05) is 5.32 Å². The molecule has 4 nitrogen and oxygen atoms in total. The van der Waals surface area contributed by atoms with Gasteiger partial charge in [0.1, 0.15) is 0 Å². The molecule has 2 heterocycles. The first-order chi connectivity index (χ1) is 7.93. The van der Waals surface area contributed by atoms with Gasteiger partial charge in [-0.3, -0.25) is 5.10 Å². The van der Waals surface area contributed by atoms with Crippen molar-refractivity contribution in [3.63, 3.8) is 0 Å². The highest BCUT2D eigenvalue weighted by Gasteiger charge is 2.01. The van der Waals surface area contributed by atoms with E-state index in [-0.39, 0.29) is 0 Å². The second kappa shape index (κ2) is 3.73. The van der Waals surface area contributed by atoms with E-state index in [1.807, 2.05) is 12.4 Å². The normalized spacial score (nSPS) is 10.8. The second-order valence-corrected chi connectivity index (χ2v) is 3.70. The maximum absolute atomic E-state index is 3.89. The molecule has 0 atom stereocenters. The summed E-state index contributed by atoms with van der Waals surface area (Å²) in [6, 6.07) is 8.37. The summed E-state index contributed by atoms with van der Waals surface area (Å²) in [5.74, 6) is 0. The molecule has 0 aliphatic rings. The molecule has 0 bridgehead atoms. The third-order valence-electron chi connectivity index (χ3n) is 2.65. The van der Waals surface area contributed by atoms with Gasteiger partial charge >= 0.3 is 0 Å². The zero-order valence-corrected chi connectivity index (χ0v) is 8.70. The van der Waals surface area contributed by atoms with Gasteiger partial charge in [0.15, 0.2) is 0 Å². The SMILES string of the molecule is c1cc(CNc2cn[nH]c2)c2[nH]ccc2c1. The standard InChI is InChI=1S/C12H12N4/c1-2-9-4-5-13-12(9)10(3-1)6-14-11-7-15-16-8-11/h1-5,7-8,13-14H,6H2,(H,15,16). The van der Waals surface area contributed by atoms with Gasteiger partial charge in [0.05, 0.1) is 17.4 Å². The molecule has 0 aliphatic carbocycles. The van der Waals surface area contributed by atoms with Gasteiger partial charge in [-0.1, -0.05) is 18.2 Å². The van der Waals surface area contributed by atoms with Crippen molar-refractivity contribution in [3.8, 4) is 0 Å². The quantitative estimate of drug-likeness (QED) is 0.624. The average Bonchev–Trinajstić information content (AvgIpc) is 2.97. The molecular weight excluding hydrogens is 200 g/mol. The number of rotatable bonds is 3. The van der Waals surface area contributed by atoms with Gasteiger partial charge in [0, 0.05) is 18.9 Å². The zero-order valence-electron chi connectivity index (χ0n) is 8.70. The van der Waals surface area contributed by atoms with Crippen molar-refractivity contribution >= 4 is 16.6 Å². The Kier molecular flexibility index (Phi) is 2.11. The van der Waals surface area contributed by atoms with Crippen LogP contribution in [0, 0.1) is 0 Å². The van der Waals surface area contributed by atoms with Gasteiger partial charge in [-0.15, -0.1) is 0 Å². The molecule has 3 aromatic rings. The maximum atomic E-state index is 3.89. The highest BCUT2D eigenvalue weighted by Crippen LogP contribution is 2.17. The minimum atomic E-state index is 0.789. The first-order valence-corrected chi connectivity index (χ1v) is 5.21. The third-order valence-corrected chi connectivity index (χ3v) is 2.65. The number of aromatic amines is 2. The molecule has 4 heteroatoms. The van der Waals surface area contributed by atoms with Gasteiger partial charge in [-0.25, -0.2) is 0 Å². The van der Waals surface area contributed by atoms with E-state index in [9.17, 15) is 0 Å². The largest absolute Gasteiger partial charge is 0.378 e. The van der Waals surface area contributed by atoms with Crippen molar-refractivity contribution < 1.29 is 0 Å². The summed E-state index contributed by atoms with van der Waals surface area (Å²) in [6.45, 7) is 0.789. The Morgan fingerprint density at radius 1 is 1.25 bits per heavy atom. The number of hydrogen-bond acceptors (Lipinski definition) is 2. The van der Waals surface area contributed by atoms with E-state index in [2.05, 4.69) is 44.8 Å². The lowest BCUT2D eigenvalue weighted by Crippen LogP contribution is -1.98. The monoisotopic (exact) mass is 212 g/mol. The summed E-state index contributed by atoms with van der Waals surface area (Å²) >= 11 is 0. The number of hydrogen-bond donors (Lipinski definition) is 3. The van der Waals surface area contributed by atoms with Crippen LogP contribution in [-0.4, -0.2) is 15.2 Å². The number of fused-ring (bicyclic) bond motifs is 1. The van der Waals surface area contributed by atoms with E-state index in [0.29, 0.717) is 0 Å². The van der Waals surface area contributed by atoms with E-state index in [1.165, 1.54) is 16.5 Å². The summed E-state index contributed by atoms with van der Waals surface area (Å²) in [4.78, 5) is 3.25. The Morgan fingerprint density at radius 2 is 2.25 bits per heavy atom. The van der Waals surface area contributed by atoms with Gasteiger partial charge in [-0.2, -0.15) is 5.10 Å². The lowest BCUT2D eigenvalue weighted by molar-refractivity contribution is 1.09. The number of nitrogens with zero attached hydrogens (tertiary/aromatic N) is 1. The van der Waals surface area contributed by atoms with Crippen LogP contribution in [0.2, 0.25) is 0 Å². The molecule has 0 spiro atoms. The molecule has 0 aliphatic heterocycles. The van der Waals surface area contributed by atoms with E-state index in [4.69, 9.17) is 0 Å². The van der Waals surface area contributed by atoms with Crippen molar-refractivity contribution in [2.24, 2.45) is 0 Å². The molecule has 0 amide bonds. The first kappa shape index (κ1) is 9.03. The fourth-order valence-electron chi connectivity index (χ4n) is 1.84. The van der Waals surface area contributed by atoms with Crippen LogP contribution in [0.25, 0.3) is 10.9 Å².